The van der Waals surface area contributed by atoms with Gasteiger partial charge in [-0.05, 0) is 0 Å². The Labute approximate surface area is 118 Å². The molecule has 0 aromatic carbocycles. The third-order valence-corrected chi connectivity index (χ3v) is 1.22. The van der Waals surface area contributed by atoms with E-state index in [1.807, 2.05) is 0 Å². The Bertz CT molecular complexity index is 25.8. The largest absolute Gasteiger partial charge is 0.332 e. The van der Waals surface area contributed by atoms with Crippen molar-refractivity contribution in [2.24, 2.45) is 0 Å². The Morgan fingerprint density at radius 3 is 0.714 bits per heavy atom. The first kappa shape index (κ1) is 29.5. The van der Waals surface area contributed by atoms with E-state index in [1.54, 1.807) is 0 Å². The Balaban J connectivity index is -0.0000000270. The van der Waals surface area contributed by atoms with E-state index in [4.69, 9.17) is 0 Å². The van der Waals surface area contributed by atoms with Crippen LogP contribution < -0.4 is 0 Å². The second-order valence-corrected chi connectivity index (χ2v) is 2.45. The molecule has 0 atom stereocenters. The summed E-state index contributed by atoms with van der Waals surface area (Å²) in [6.45, 7) is 12.5. The van der Waals surface area contributed by atoms with Gasteiger partial charge >= 0.3 is 0 Å². The molecule has 0 spiro atoms. The molecule has 81 valence electrons. The fourth-order valence-electron chi connectivity index (χ4n) is 0. The summed E-state index contributed by atoms with van der Waals surface area (Å²) < 4.78 is 0. The van der Waals surface area contributed by atoms with Crippen LogP contribution in [0.1, 0.15) is 60.8 Å². The third-order valence-electron chi connectivity index (χ3n) is 1.22. The van der Waals surface area contributed by atoms with E-state index < -0.39 is 0 Å². The minimum atomic E-state index is 0. The van der Waals surface area contributed by atoms with Crippen LogP contribution in [0.2, 0.25) is 0 Å². The second kappa shape index (κ2) is 47.7. The topological polar surface area (TPSA) is 0 Å². The molecule has 0 saturated heterocycles. The summed E-state index contributed by atoms with van der Waals surface area (Å²) in [5.74, 6) is 0. The predicted molar refractivity (Wildman–Crippen MR) is 66.5 cm³/mol. The van der Waals surface area contributed by atoms with Gasteiger partial charge in [-0.1, -0.05) is 20.8 Å². The van der Waals surface area contributed by atoms with Gasteiger partial charge in [0.15, 0.2) is 0 Å². The number of hydrogen-bond donors (Lipinski definition) is 0. The molecule has 0 amide bonds. The van der Waals surface area contributed by atoms with Crippen LogP contribution in [-0.4, -0.2) is 18.9 Å². The minimum Gasteiger partial charge on any atom is -0.332 e. The van der Waals surface area contributed by atoms with E-state index in [0.717, 1.165) is 0 Å². The molecule has 0 unspecified atom stereocenters. The molecular formula is C12H27LiZn-3. The van der Waals surface area contributed by atoms with Gasteiger partial charge in [0, 0.05) is 38.3 Å². The fraction of sp³-hybridized carbons (Fsp3) is 0.750. The zero-order valence-corrected chi connectivity index (χ0v) is 14.5. The van der Waals surface area contributed by atoms with Gasteiger partial charge in [0.2, 0.25) is 0 Å². The van der Waals surface area contributed by atoms with Gasteiger partial charge in [-0.15, -0.1) is 0 Å². The zero-order valence-electron chi connectivity index (χ0n) is 11.6. The van der Waals surface area contributed by atoms with Crippen molar-refractivity contribution in [2.75, 3.05) is 0 Å². The van der Waals surface area contributed by atoms with E-state index >= 15 is 0 Å². The molecule has 14 heavy (non-hydrogen) atoms. The van der Waals surface area contributed by atoms with E-state index in [-0.39, 0.29) is 38.3 Å². The molecule has 0 nitrogen and oxygen atoms in total. The molecule has 2 heteroatoms. The zero-order chi connectivity index (χ0) is 10.2. The Morgan fingerprint density at radius 2 is 0.714 bits per heavy atom. The molecule has 0 fully saturated rings. The van der Waals surface area contributed by atoms with Crippen LogP contribution in [0.25, 0.3) is 0 Å². The molecule has 0 aliphatic heterocycles. The summed E-state index contributed by atoms with van der Waals surface area (Å²) in [6.07, 6.45) is 9.96. The molecule has 0 bridgehead atoms. The average Bonchev–Trinajstić information content (AvgIpc) is 2.18. The standard InChI is InChI=1S/3C4H9.Li.Zn/c3*1-3-4-2;;/h3*3H,4H2,1-2H3;;/q3*-1;;. The minimum absolute atomic E-state index is 0. The quantitative estimate of drug-likeness (QED) is 0.507. The van der Waals surface area contributed by atoms with Crippen LogP contribution in [0, 0.1) is 19.3 Å². The number of hydrogen-bond acceptors (Lipinski definition) is 0. The first-order valence-corrected chi connectivity index (χ1v) is 5.08. The van der Waals surface area contributed by atoms with Crippen molar-refractivity contribution >= 4 is 18.9 Å². The van der Waals surface area contributed by atoms with Gasteiger partial charge in [-0.25, -0.2) is 0 Å². The summed E-state index contributed by atoms with van der Waals surface area (Å²) >= 11 is 0. The van der Waals surface area contributed by atoms with Gasteiger partial charge in [-0.3, -0.25) is 0 Å². The van der Waals surface area contributed by atoms with Gasteiger partial charge < -0.3 is 19.3 Å². The third kappa shape index (κ3) is 111. The van der Waals surface area contributed by atoms with Crippen LogP contribution in [0.4, 0.5) is 0 Å². The van der Waals surface area contributed by atoms with Crippen LogP contribution in [0.5, 0.6) is 0 Å². The maximum Gasteiger partial charge on any atom is 0 e. The van der Waals surface area contributed by atoms with Crippen LogP contribution in [0.3, 0.4) is 0 Å². The Hall–Kier alpha value is 1.22. The summed E-state index contributed by atoms with van der Waals surface area (Å²) in [6, 6.07) is 0. The molecule has 1 radical (unpaired) electrons. The molecule has 0 saturated carbocycles. The summed E-state index contributed by atoms with van der Waals surface area (Å²) in [4.78, 5) is 0. The SMILES string of the molecule is C[CH-]CC.C[CH-]CC.C[CH-]CC.[Li].[Zn]. The summed E-state index contributed by atoms with van der Waals surface area (Å²) in [5.41, 5.74) is 0. The predicted octanol–water partition coefficient (Wildman–Crippen LogP) is 4.48. The van der Waals surface area contributed by atoms with E-state index in [9.17, 15) is 0 Å². The maximum absolute atomic E-state index is 2.12. The number of rotatable bonds is 3. The maximum atomic E-state index is 2.12. The Kier molecular flexibility index (Phi) is 100. The molecule has 0 aromatic heterocycles. The summed E-state index contributed by atoms with van der Waals surface area (Å²) in [5, 5.41) is 0. The van der Waals surface area contributed by atoms with E-state index in [0.29, 0.717) is 0 Å². The van der Waals surface area contributed by atoms with Gasteiger partial charge in [0.1, 0.15) is 0 Å². The van der Waals surface area contributed by atoms with E-state index in [2.05, 4.69) is 60.8 Å². The van der Waals surface area contributed by atoms with Crippen molar-refractivity contribution in [3.05, 3.63) is 19.3 Å². The fourth-order valence-corrected chi connectivity index (χ4v) is 0. The van der Waals surface area contributed by atoms with Crippen LogP contribution in [-0.2, 0) is 19.5 Å². The normalized spacial score (nSPS) is 6.43. The average molecular weight is 244 g/mol. The first-order valence-electron chi connectivity index (χ1n) is 5.08. The van der Waals surface area contributed by atoms with Gasteiger partial charge in [-0.2, -0.15) is 40.0 Å². The second-order valence-electron chi connectivity index (χ2n) is 2.45. The molecular weight excluding hydrogens is 216 g/mol. The van der Waals surface area contributed by atoms with Crippen LogP contribution in [0.15, 0.2) is 0 Å². The molecule has 0 rings (SSSR count). The molecule has 0 N–H and O–H groups in total. The van der Waals surface area contributed by atoms with Crippen molar-refractivity contribution in [2.45, 2.75) is 60.8 Å². The van der Waals surface area contributed by atoms with Crippen molar-refractivity contribution < 1.29 is 19.5 Å². The molecule has 0 aliphatic rings. The van der Waals surface area contributed by atoms with Crippen molar-refractivity contribution in [3.8, 4) is 0 Å². The summed E-state index contributed by atoms with van der Waals surface area (Å²) in [7, 11) is 0. The van der Waals surface area contributed by atoms with Gasteiger partial charge in [0.05, 0.1) is 0 Å². The van der Waals surface area contributed by atoms with Crippen molar-refractivity contribution in [3.63, 3.8) is 0 Å². The number of unbranched alkanes of at least 4 members (excludes halogenated alkanes) is 3. The van der Waals surface area contributed by atoms with E-state index in [1.165, 1.54) is 19.3 Å². The molecule has 0 aromatic rings. The smallest absolute Gasteiger partial charge is 0 e. The first-order chi connectivity index (χ1) is 5.74. The van der Waals surface area contributed by atoms with Crippen LogP contribution >= 0.6 is 0 Å². The van der Waals surface area contributed by atoms with Crippen molar-refractivity contribution in [1.82, 2.24) is 0 Å². The Morgan fingerprint density at radius 1 is 0.643 bits per heavy atom. The molecule has 0 heterocycles. The molecule has 0 aliphatic carbocycles. The van der Waals surface area contributed by atoms with Gasteiger partial charge in [0.25, 0.3) is 0 Å². The van der Waals surface area contributed by atoms with Crippen molar-refractivity contribution in [1.29, 1.82) is 0 Å². The monoisotopic (exact) mass is 242 g/mol.